The Kier molecular flexibility index (Phi) is 7.04. The highest BCUT2D eigenvalue weighted by Crippen LogP contribution is 2.24. The van der Waals surface area contributed by atoms with Crippen LogP contribution in [0.3, 0.4) is 0 Å². The zero-order valence-corrected chi connectivity index (χ0v) is 18.4. The maximum Gasteiger partial charge on any atom is 0.223 e. The third-order valence-corrected chi connectivity index (χ3v) is 6.34. The van der Waals surface area contributed by atoms with Crippen LogP contribution in [0.15, 0.2) is 71.9 Å². The van der Waals surface area contributed by atoms with Crippen LogP contribution in [-0.2, 0) is 4.79 Å². The highest BCUT2D eigenvalue weighted by molar-refractivity contribution is 7.99. The number of hydrogen-bond acceptors (Lipinski definition) is 6. The molecule has 4 rings (SSSR count). The standard InChI is InChI=1S/C24H26N4O2S/c1-30-20-9-7-19(8-10-20)22-17-23(26-18-25-22)27-12-14-28(15-13-27)24(29)11-16-31-21-5-3-2-4-6-21/h2-10,17-18H,11-16H2,1H3. The van der Waals surface area contributed by atoms with Crippen LogP contribution in [0.1, 0.15) is 6.42 Å². The fraction of sp³-hybridized carbons (Fsp3) is 0.292. The van der Waals surface area contributed by atoms with E-state index in [9.17, 15) is 4.79 Å². The van der Waals surface area contributed by atoms with E-state index < -0.39 is 0 Å². The summed E-state index contributed by atoms with van der Waals surface area (Å²) in [6.07, 6.45) is 2.17. The van der Waals surface area contributed by atoms with Crippen molar-refractivity contribution in [2.24, 2.45) is 0 Å². The Morgan fingerprint density at radius 3 is 2.45 bits per heavy atom. The highest BCUT2D eigenvalue weighted by Gasteiger charge is 2.22. The summed E-state index contributed by atoms with van der Waals surface area (Å²) in [5, 5.41) is 0. The predicted molar refractivity (Wildman–Crippen MR) is 125 cm³/mol. The molecule has 1 aliphatic rings. The summed E-state index contributed by atoms with van der Waals surface area (Å²) in [4.78, 5) is 26.8. The van der Waals surface area contributed by atoms with Crippen molar-refractivity contribution in [2.45, 2.75) is 11.3 Å². The van der Waals surface area contributed by atoms with Crippen LogP contribution in [0.5, 0.6) is 5.75 Å². The van der Waals surface area contributed by atoms with Crippen molar-refractivity contribution in [3.63, 3.8) is 0 Å². The van der Waals surface area contributed by atoms with Crippen LogP contribution < -0.4 is 9.64 Å². The van der Waals surface area contributed by atoms with E-state index in [1.165, 1.54) is 4.90 Å². The van der Waals surface area contributed by atoms with Crippen LogP contribution in [0.2, 0.25) is 0 Å². The first-order valence-electron chi connectivity index (χ1n) is 10.4. The van der Waals surface area contributed by atoms with Crippen molar-refractivity contribution in [3.05, 3.63) is 67.0 Å². The molecule has 0 atom stereocenters. The van der Waals surface area contributed by atoms with Gasteiger partial charge in [-0.1, -0.05) is 18.2 Å². The molecular weight excluding hydrogens is 408 g/mol. The van der Waals surface area contributed by atoms with Crippen molar-refractivity contribution in [3.8, 4) is 17.0 Å². The van der Waals surface area contributed by atoms with E-state index in [1.807, 2.05) is 53.4 Å². The van der Waals surface area contributed by atoms with Gasteiger partial charge in [0.15, 0.2) is 0 Å². The Balaban J connectivity index is 1.29. The molecule has 0 N–H and O–H groups in total. The molecule has 1 amide bonds. The van der Waals surface area contributed by atoms with Gasteiger partial charge in [0.25, 0.3) is 0 Å². The monoisotopic (exact) mass is 434 g/mol. The average Bonchev–Trinajstić information content (AvgIpc) is 2.85. The molecule has 0 unspecified atom stereocenters. The lowest BCUT2D eigenvalue weighted by Gasteiger charge is -2.35. The zero-order valence-electron chi connectivity index (χ0n) is 17.6. The average molecular weight is 435 g/mol. The van der Waals surface area contributed by atoms with E-state index in [0.717, 1.165) is 54.8 Å². The number of anilines is 1. The molecule has 31 heavy (non-hydrogen) atoms. The molecule has 7 heteroatoms. The number of piperazine rings is 1. The summed E-state index contributed by atoms with van der Waals surface area (Å²) in [6.45, 7) is 2.99. The SMILES string of the molecule is COc1ccc(-c2cc(N3CCN(C(=O)CCSc4ccccc4)CC3)ncn2)cc1. The number of carbonyl (C=O) groups excluding carboxylic acids is 1. The predicted octanol–water partition coefficient (Wildman–Crippen LogP) is 3.98. The Morgan fingerprint density at radius 1 is 1.00 bits per heavy atom. The molecule has 1 aromatic heterocycles. The minimum absolute atomic E-state index is 0.227. The van der Waals surface area contributed by atoms with E-state index >= 15 is 0 Å². The van der Waals surface area contributed by atoms with Gasteiger partial charge in [-0.05, 0) is 36.4 Å². The lowest BCUT2D eigenvalue weighted by molar-refractivity contribution is -0.131. The Hall–Kier alpha value is -3.06. The van der Waals surface area contributed by atoms with Crippen LogP contribution in [-0.4, -0.2) is 59.8 Å². The van der Waals surface area contributed by atoms with Crippen LogP contribution in [0.25, 0.3) is 11.3 Å². The molecule has 3 aromatic rings. The first-order valence-corrected chi connectivity index (χ1v) is 11.4. The normalized spacial score (nSPS) is 13.8. The number of benzene rings is 2. The smallest absolute Gasteiger partial charge is 0.223 e. The number of amides is 1. The van der Waals surface area contributed by atoms with Crippen LogP contribution in [0.4, 0.5) is 5.82 Å². The Morgan fingerprint density at radius 2 is 1.74 bits per heavy atom. The van der Waals surface area contributed by atoms with E-state index in [0.29, 0.717) is 6.42 Å². The molecule has 2 aromatic carbocycles. The van der Waals surface area contributed by atoms with Gasteiger partial charge in [-0.25, -0.2) is 9.97 Å². The third kappa shape index (κ3) is 5.55. The number of methoxy groups -OCH3 is 1. The topological polar surface area (TPSA) is 58.6 Å². The molecule has 2 heterocycles. The number of ether oxygens (including phenoxy) is 1. The van der Waals surface area contributed by atoms with Gasteiger partial charge < -0.3 is 14.5 Å². The fourth-order valence-electron chi connectivity index (χ4n) is 3.56. The molecule has 0 aliphatic carbocycles. The molecule has 0 saturated carbocycles. The summed E-state index contributed by atoms with van der Waals surface area (Å²) >= 11 is 1.73. The van der Waals surface area contributed by atoms with Crippen molar-refractivity contribution in [1.82, 2.24) is 14.9 Å². The van der Waals surface area contributed by atoms with Gasteiger partial charge in [0.1, 0.15) is 17.9 Å². The zero-order chi connectivity index (χ0) is 21.5. The van der Waals surface area contributed by atoms with Gasteiger partial charge in [-0.2, -0.15) is 0 Å². The molecule has 0 radical (unpaired) electrons. The number of thioether (sulfide) groups is 1. The fourth-order valence-corrected chi connectivity index (χ4v) is 4.42. The van der Waals surface area contributed by atoms with Crippen molar-refractivity contribution in [1.29, 1.82) is 0 Å². The second-order valence-electron chi connectivity index (χ2n) is 7.27. The van der Waals surface area contributed by atoms with Crippen molar-refractivity contribution in [2.75, 3.05) is 43.9 Å². The number of hydrogen-bond donors (Lipinski definition) is 0. The lowest BCUT2D eigenvalue weighted by atomic mass is 10.1. The van der Waals surface area contributed by atoms with Gasteiger partial charge in [0.05, 0.1) is 12.8 Å². The van der Waals surface area contributed by atoms with Gasteiger partial charge >= 0.3 is 0 Å². The minimum Gasteiger partial charge on any atom is -0.497 e. The summed E-state index contributed by atoms with van der Waals surface area (Å²) < 4.78 is 5.23. The second kappa shape index (κ2) is 10.3. The van der Waals surface area contributed by atoms with Crippen LogP contribution >= 0.6 is 11.8 Å². The summed E-state index contributed by atoms with van der Waals surface area (Å²) in [7, 11) is 1.66. The lowest BCUT2D eigenvalue weighted by Crippen LogP contribution is -2.49. The molecule has 0 spiro atoms. The maximum atomic E-state index is 12.6. The minimum atomic E-state index is 0.227. The van der Waals surface area contributed by atoms with Gasteiger partial charge in [0.2, 0.25) is 5.91 Å². The molecule has 1 aliphatic heterocycles. The molecule has 0 bridgehead atoms. The van der Waals surface area contributed by atoms with Crippen LogP contribution in [0, 0.1) is 0 Å². The Labute approximate surface area is 187 Å². The van der Waals surface area contributed by atoms with E-state index in [4.69, 9.17) is 4.74 Å². The summed E-state index contributed by atoms with van der Waals surface area (Å²) in [5.74, 6) is 2.75. The summed E-state index contributed by atoms with van der Waals surface area (Å²) in [6, 6.07) is 20.1. The second-order valence-corrected chi connectivity index (χ2v) is 8.44. The van der Waals surface area contributed by atoms with Crippen molar-refractivity contribution < 1.29 is 9.53 Å². The number of carbonyl (C=O) groups is 1. The molecule has 1 saturated heterocycles. The number of nitrogens with zero attached hydrogens (tertiary/aromatic N) is 4. The highest BCUT2D eigenvalue weighted by atomic mass is 32.2. The van der Waals surface area contributed by atoms with Gasteiger partial charge in [-0.15, -0.1) is 11.8 Å². The summed E-state index contributed by atoms with van der Waals surface area (Å²) in [5.41, 5.74) is 1.90. The number of rotatable bonds is 7. The molecule has 6 nitrogen and oxygen atoms in total. The van der Waals surface area contributed by atoms with Gasteiger partial charge in [-0.3, -0.25) is 4.79 Å². The third-order valence-electron chi connectivity index (χ3n) is 5.32. The molecular formula is C24H26N4O2S. The maximum absolute atomic E-state index is 12.6. The Bertz CT molecular complexity index is 990. The van der Waals surface area contributed by atoms with E-state index in [-0.39, 0.29) is 5.91 Å². The van der Waals surface area contributed by atoms with E-state index in [2.05, 4.69) is 27.0 Å². The first kappa shape index (κ1) is 21.2. The molecule has 160 valence electrons. The van der Waals surface area contributed by atoms with Gasteiger partial charge in [0, 0.05) is 54.9 Å². The quantitative estimate of drug-likeness (QED) is 0.524. The van der Waals surface area contributed by atoms with Crippen molar-refractivity contribution >= 4 is 23.5 Å². The largest absolute Gasteiger partial charge is 0.497 e. The first-order chi connectivity index (χ1) is 15.2. The number of aromatic nitrogens is 2. The van der Waals surface area contributed by atoms with E-state index in [1.54, 1.807) is 25.2 Å². The molecule has 1 fully saturated rings.